The lowest BCUT2D eigenvalue weighted by molar-refractivity contribution is 0.204. The lowest BCUT2D eigenvalue weighted by Gasteiger charge is -2.37. The highest BCUT2D eigenvalue weighted by atomic mass is 32.2. The molecule has 2 rings (SSSR count). The Morgan fingerprint density at radius 2 is 1.70 bits per heavy atom. The van der Waals surface area contributed by atoms with Crippen molar-refractivity contribution in [3.8, 4) is 0 Å². The van der Waals surface area contributed by atoms with Gasteiger partial charge in [0.05, 0.1) is 5.75 Å². The largest absolute Gasteiger partial charge is 0.326 e. The molecule has 1 heterocycles. The zero-order valence-corrected chi connectivity index (χ0v) is 13.1. The van der Waals surface area contributed by atoms with Crippen molar-refractivity contribution in [1.82, 2.24) is 4.31 Å². The summed E-state index contributed by atoms with van der Waals surface area (Å²) in [6.07, 6.45) is 3.00. The van der Waals surface area contributed by atoms with Gasteiger partial charge in [-0.3, -0.25) is 0 Å². The van der Waals surface area contributed by atoms with Crippen LogP contribution >= 0.6 is 0 Å². The molecule has 0 amide bonds. The van der Waals surface area contributed by atoms with Gasteiger partial charge >= 0.3 is 0 Å². The molecule has 1 aliphatic heterocycles. The van der Waals surface area contributed by atoms with Crippen molar-refractivity contribution in [3.63, 3.8) is 0 Å². The second-order valence-corrected chi connectivity index (χ2v) is 7.56. The maximum absolute atomic E-state index is 12.7. The quantitative estimate of drug-likeness (QED) is 0.927. The Labute approximate surface area is 122 Å². The monoisotopic (exact) mass is 296 g/mol. The summed E-state index contributed by atoms with van der Waals surface area (Å²) in [5.41, 5.74) is 7.42. The van der Waals surface area contributed by atoms with Crippen LogP contribution in [0.25, 0.3) is 0 Å². The molecule has 4 nitrogen and oxygen atoms in total. The highest BCUT2D eigenvalue weighted by Crippen LogP contribution is 2.27. The van der Waals surface area contributed by atoms with Crippen molar-refractivity contribution in [2.75, 3.05) is 0 Å². The molecule has 0 radical (unpaired) electrons. The van der Waals surface area contributed by atoms with Crippen LogP contribution in [0.4, 0.5) is 0 Å². The molecule has 5 heteroatoms. The van der Waals surface area contributed by atoms with Gasteiger partial charge in [-0.15, -0.1) is 0 Å². The van der Waals surface area contributed by atoms with Gasteiger partial charge in [-0.2, -0.15) is 4.31 Å². The Morgan fingerprint density at radius 3 is 2.25 bits per heavy atom. The van der Waals surface area contributed by atoms with E-state index in [0.29, 0.717) is 6.54 Å². The minimum atomic E-state index is -3.29. The maximum atomic E-state index is 12.7. The van der Waals surface area contributed by atoms with Crippen molar-refractivity contribution in [2.24, 2.45) is 5.73 Å². The molecular weight excluding hydrogens is 272 g/mol. The maximum Gasteiger partial charge on any atom is 0.218 e. The minimum Gasteiger partial charge on any atom is -0.326 e. The smallest absolute Gasteiger partial charge is 0.218 e. The molecule has 1 fully saturated rings. The van der Waals surface area contributed by atoms with E-state index in [1.807, 2.05) is 38.1 Å². The van der Waals surface area contributed by atoms with Crippen LogP contribution in [0.3, 0.4) is 0 Å². The predicted octanol–water partition coefficient (Wildman–Crippen LogP) is 2.24. The molecule has 0 bridgehead atoms. The first kappa shape index (κ1) is 15.5. The van der Waals surface area contributed by atoms with Gasteiger partial charge < -0.3 is 5.73 Å². The summed E-state index contributed by atoms with van der Waals surface area (Å²) in [7, 11) is -3.29. The van der Waals surface area contributed by atoms with Crippen molar-refractivity contribution < 1.29 is 8.42 Å². The van der Waals surface area contributed by atoms with E-state index in [4.69, 9.17) is 5.73 Å². The summed E-state index contributed by atoms with van der Waals surface area (Å²) in [6, 6.07) is 7.70. The van der Waals surface area contributed by atoms with Crippen molar-refractivity contribution in [1.29, 1.82) is 0 Å². The molecule has 1 saturated heterocycles. The summed E-state index contributed by atoms with van der Waals surface area (Å²) in [4.78, 5) is 0. The van der Waals surface area contributed by atoms with Crippen LogP contribution in [0.1, 0.15) is 44.2 Å². The summed E-state index contributed by atoms with van der Waals surface area (Å²) >= 11 is 0. The van der Waals surface area contributed by atoms with Crippen LogP contribution in [0.2, 0.25) is 0 Å². The first-order valence-electron chi connectivity index (χ1n) is 7.23. The van der Waals surface area contributed by atoms with E-state index in [9.17, 15) is 8.42 Å². The number of nitrogens with zero attached hydrogens (tertiary/aromatic N) is 1. The minimum absolute atomic E-state index is 0.0506. The summed E-state index contributed by atoms with van der Waals surface area (Å²) in [5, 5.41) is 0. The molecule has 0 aromatic heterocycles. The highest BCUT2D eigenvalue weighted by Gasteiger charge is 2.34. The molecule has 2 N–H and O–H groups in total. The molecule has 20 heavy (non-hydrogen) atoms. The third-order valence-electron chi connectivity index (χ3n) is 4.11. The van der Waals surface area contributed by atoms with Gasteiger partial charge in [0.2, 0.25) is 10.0 Å². The number of rotatable bonds is 4. The lowest BCUT2D eigenvalue weighted by atomic mass is 10.0. The fraction of sp³-hybridized carbons (Fsp3) is 0.600. The van der Waals surface area contributed by atoms with Crippen LogP contribution in [0.15, 0.2) is 24.3 Å². The average molecular weight is 296 g/mol. The van der Waals surface area contributed by atoms with Gasteiger partial charge in [0.25, 0.3) is 0 Å². The number of sulfonamides is 1. The summed E-state index contributed by atoms with van der Waals surface area (Å²) in [6.45, 7) is 4.38. The van der Waals surface area contributed by atoms with E-state index < -0.39 is 10.0 Å². The fourth-order valence-corrected chi connectivity index (χ4v) is 5.25. The molecule has 0 aliphatic carbocycles. The number of hydrogen-bond donors (Lipinski definition) is 1. The van der Waals surface area contributed by atoms with Gasteiger partial charge in [0.1, 0.15) is 0 Å². The van der Waals surface area contributed by atoms with E-state index in [-0.39, 0.29) is 17.8 Å². The second-order valence-electron chi connectivity index (χ2n) is 5.69. The summed E-state index contributed by atoms with van der Waals surface area (Å²) < 4.78 is 27.2. The third-order valence-corrected chi connectivity index (χ3v) is 6.15. The van der Waals surface area contributed by atoms with Crippen LogP contribution in [-0.4, -0.2) is 24.8 Å². The van der Waals surface area contributed by atoms with E-state index in [1.54, 1.807) is 4.31 Å². The van der Waals surface area contributed by atoms with E-state index >= 15 is 0 Å². The summed E-state index contributed by atoms with van der Waals surface area (Å²) in [5.74, 6) is 0.0506. The van der Waals surface area contributed by atoms with Gasteiger partial charge in [-0.25, -0.2) is 8.42 Å². The molecule has 1 aromatic rings. The van der Waals surface area contributed by atoms with Crippen LogP contribution in [0, 0.1) is 0 Å². The van der Waals surface area contributed by atoms with Crippen molar-refractivity contribution >= 4 is 10.0 Å². The number of hydrogen-bond acceptors (Lipinski definition) is 3. The van der Waals surface area contributed by atoms with Gasteiger partial charge in [-0.05, 0) is 37.8 Å². The Balaban J connectivity index is 2.26. The van der Waals surface area contributed by atoms with Gasteiger partial charge in [-0.1, -0.05) is 30.7 Å². The zero-order valence-electron chi connectivity index (χ0n) is 12.2. The third kappa shape index (κ3) is 3.22. The Morgan fingerprint density at radius 1 is 1.15 bits per heavy atom. The zero-order chi connectivity index (χ0) is 14.8. The predicted molar refractivity (Wildman–Crippen MR) is 81.6 cm³/mol. The molecule has 112 valence electrons. The van der Waals surface area contributed by atoms with Gasteiger partial charge in [0, 0.05) is 18.6 Å². The molecule has 1 aliphatic rings. The lowest BCUT2D eigenvalue weighted by Crippen LogP contribution is -2.47. The van der Waals surface area contributed by atoms with E-state index in [2.05, 4.69) is 0 Å². The highest BCUT2D eigenvalue weighted by molar-refractivity contribution is 7.88. The van der Waals surface area contributed by atoms with Crippen molar-refractivity contribution in [3.05, 3.63) is 35.4 Å². The molecule has 1 aromatic carbocycles. The van der Waals surface area contributed by atoms with E-state index in [1.165, 1.54) is 0 Å². The SMILES string of the molecule is C[C@@H]1CCC[C@H](C)N1S(=O)(=O)Cc1ccccc1CN. The second kappa shape index (κ2) is 6.24. The standard InChI is InChI=1S/C15H24N2O2S/c1-12-6-5-7-13(2)17(12)20(18,19)11-15-9-4-3-8-14(15)10-16/h3-4,8-9,12-13H,5-7,10-11,16H2,1-2H3/t12-,13+. The number of nitrogens with two attached hydrogens (primary N) is 1. The van der Waals surface area contributed by atoms with Crippen LogP contribution in [0.5, 0.6) is 0 Å². The molecule has 2 atom stereocenters. The number of piperidine rings is 1. The Bertz CT molecular complexity index is 547. The first-order chi connectivity index (χ1) is 9.45. The Kier molecular flexibility index (Phi) is 4.83. The molecule has 0 unspecified atom stereocenters. The van der Waals surface area contributed by atoms with Crippen LogP contribution < -0.4 is 5.73 Å². The molecule has 0 saturated carbocycles. The normalized spacial score (nSPS) is 24.8. The van der Waals surface area contributed by atoms with Crippen molar-refractivity contribution in [2.45, 2.75) is 57.5 Å². The Hall–Kier alpha value is -0.910. The van der Waals surface area contributed by atoms with Crippen LogP contribution in [-0.2, 0) is 22.3 Å². The van der Waals surface area contributed by atoms with Gasteiger partial charge in [0.15, 0.2) is 0 Å². The fourth-order valence-electron chi connectivity index (χ4n) is 3.11. The topological polar surface area (TPSA) is 63.4 Å². The molecule has 0 spiro atoms. The van der Waals surface area contributed by atoms with E-state index in [0.717, 1.165) is 30.4 Å². The average Bonchev–Trinajstić information content (AvgIpc) is 2.38. The first-order valence-corrected chi connectivity index (χ1v) is 8.84. The molecular formula is C15H24N2O2S. The number of benzene rings is 1.